The van der Waals surface area contributed by atoms with Crippen molar-refractivity contribution >= 4 is 29.1 Å². The third-order valence-corrected chi connectivity index (χ3v) is 4.97. The highest BCUT2D eigenvalue weighted by Gasteiger charge is 2.18. The molecule has 0 heterocycles. The molecule has 0 spiro atoms. The first-order valence-electron chi connectivity index (χ1n) is 11.9. The molecule has 3 aromatic carbocycles. The molecular formula is C29H33N3O5. The van der Waals surface area contributed by atoms with Crippen molar-refractivity contribution in [3.05, 3.63) is 83.4 Å². The number of anilines is 2. The van der Waals surface area contributed by atoms with E-state index >= 15 is 0 Å². The Morgan fingerprint density at radius 1 is 0.703 bits per heavy atom. The zero-order valence-corrected chi connectivity index (χ0v) is 21.8. The van der Waals surface area contributed by atoms with Crippen molar-refractivity contribution in [2.45, 2.75) is 40.2 Å². The molecule has 0 unspecified atom stereocenters. The smallest absolute Gasteiger partial charge is 0.262 e. The van der Waals surface area contributed by atoms with Crippen molar-refractivity contribution in [1.82, 2.24) is 5.32 Å². The van der Waals surface area contributed by atoms with E-state index in [0.29, 0.717) is 22.9 Å². The first-order chi connectivity index (χ1) is 17.5. The predicted molar refractivity (Wildman–Crippen MR) is 144 cm³/mol. The van der Waals surface area contributed by atoms with Gasteiger partial charge in [-0.05, 0) is 88.2 Å². The van der Waals surface area contributed by atoms with E-state index in [1.807, 2.05) is 71.0 Å². The molecule has 3 rings (SSSR count). The van der Waals surface area contributed by atoms with Crippen LogP contribution in [0.1, 0.15) is 42.3 Å². The van der Waals surface area contributed by atoms with Gasteiger partial charge in [-0.1, -0.05) is 24.3 Å². The fourth-order valence-electron chi connectivity index (χ4n) is 3.42. The van der Waals surface area contributed by atoms with Crippen LogP contribution >= 0.6 is 0 Å². The summed E-state index contributed by atoms with van der Waals surface area (Å²) in [6, 6.07) is 19.4. The Bertz CT molecular complexity index is 1200. The highest BCUT2D eigenvalue weighted by Crippen LogP contribution is 2.21. The van der Waals surface area contributed by atoms with Crippen molar-refractivity contribution in [3.8, 4) is 11.5 Å². The molecule has 0 saturated carbocycles. The molecule has 3 N–H and O–H groups in total. The summed E-state index contributed by atoms with van der Waals surface area (Å²) in [6.07, 6.45) is 0. The van der Waals surface area contributed by atoms with E-state index in [1.165, 1.54) is 0 Å². The average molecular weight is 504 g/mol. The van der Waals surface area contributed by atoms with Gasteiger partial charge in [0.1, 0.15) is 11.5 Å². The zero-order valence-electron chi connectivity index (χ0n) is 21.8. The summed E-state index contributed by atoms with van der Waals surface area (Å²) in [5.74, 6) is 0.000964. The summed E-state index contributed by atoms with van der Waals surface area (Å²) in [6.45, 7) is 9.03. The van der Waals surface area contributed by atoms with Crippen LogP contribution in [-0.2, 0) is 9.59 Å². The van der Waals surface area contributed by atoms with E-state index < -0.39 is 17.4 Å². The largest absolute Gasteiger partial charge is 0.484 e. The molecule has 0 fully saturated rings. The third kappa shape index (κ3) is 9.33. The molecule has 194 valence electrons. The first-order valence-corrected chi connectivity index (χ1v) is 11.9. The maximum atomic E-state index is 12.8. The molecule has 8 nitrogen and oxygen atoms in total. The third-order valence-electron chi connectivity index (χ3n) is 4.97. The molecule has 0 aliphatic rings. The number of carbonyl (C=O) groups is 3. The first kappa shape index (κ1) is 27.3. The van der Waals surface area contributed by atoms with Crippen LogP contribution in [0, 0.1) is 13.8 Å². The van der Waals surface area contributed by atoms with Crippen LogP contribution in [-0.4, -0.2) is 36.5 Å². The Kier molecular flexibility index (Phi) is 8.90. The molecule has 3 amide bonds. The molecule has 3 aromatic rings. The fourth-order valence-corrected chi connectivity index (χ4v) is 3.42. The van der Waals surface area contributed by atoms with Crippen LogP contribution in [0.5, 0.6) is 11.5 Å². The van der Waals surface area contributed by atoms with E-state index in [-0.39, 0.29) is 24.7 Å². The minimum absolute atomic E-state index is 0.214. The highest BCUT2D eigenvalue weighted by molar-refractivity contribution is 6.01. The fraction of sp³-hybridized carbons (Fsp3) is 0.276. The summed E-state index contributed by atoms with van der Waals surface area (Å²) in [5, 5.41) is 8.36. The minimum Gasteiger partial charge on any atom is -0.484 e. The number of aryl methyl sites for hydroxylation is 2. The van der Waals surface area contributed by atoms with E-state index in [0.717, 1.165) is 11.1 Å². The number of rotatable bonds is 9. The van der Waals surface area contributed by atoms with Gasteiger partial charge >= 0.3 is 0 Å². The monoisotopic (exact) mass is 503 g/mol. The maximum absolute atomic E-state index is 12.8. The summed E-state index contributed by atoms with van der Waals surface area (Å²) in [5.41, 5.74) is 2.53. The number of amides is 3. The van der Waals surface area contributed by atoms with Gasteiger partial charge in [-0.15, -0.1) is 0 Å². The lowest BCUT2D eigenvalue weighted by molar-refractivity contribution is -0.118. The Balaban J connectivity index is 1.72. The molecule has 37 heavy (non-hydrogen) atoms. The lowest BCUT2D eigenvalue weighted by Gasteiger charge is -2.21. The zero-order chi connectivity index (χ0) is 27.0. The van der Waals surface area contributed by atoms with E-state index in [1.54, 1.807) is 30.3 Å². The molecule has 0 aliphatic carbocycles. The maximum Gasteiger partial charge on any atom is 0.262 e. The van der Waals surface area contributed by atoms with Gasteiger partial charge in [0.2, 0.25) is 0 Å². The van der Waals surface area contributed by atoms with Crippen molar-refractivity contribution in [3.63, 3.8) is 0 Å². The summed E-state index contributed by atoms with van der Waals surface area (Å²) < 4.78 is 11.1. The standard InChI is InChI=1S/C29H33N3O5/c1-19-8-6-10-24(12-19)36-17-26(33)30-22-14-21(28(35)32-29(3,4)5)15-23(16-22)31-27(34)18-37-25-11-7-9-20(2)13-25/h6-16H,17-18H2,1-5H3,(H,30,33)(H,31,34)(H,32,35). The number of nitrogens with one attached hydrogen (secondary N) is 3. The number of benzene rings is 3. The van der Waals surface area contributed by atoms with Gasteiger partial charge in [-0.25, -0.2) is 0 Å². The van der Waals surface area contributed by atoms with Crippen LogP contribution < -0.4 is 25.4 Å². The molecule has 0 bridgehead atoms. The van der Waals surface area contributed by atoms with Crippen molar-refractivity contribution < 1.29 is 23.9 Å². The highest BCUT2D eigenvalue weighted by atomic mass is 16.5. The number of ether oxygens (including phenoxy) is 2. The Morgan fingerprint density at radius 2 is 1.16 bits per heavy atom. The molecule has 0 aliphatic heterocycles. The van der Waals surface area contributed by atoms with Crippen LogP contribution in [0.25, 0.3) is 0 Å². The minimum atomic E-state index is -0.469. The topological polar surface area (TPSA) is 106 Å². The van der Waals surface area contributed by atoms with E-state index in [4.69, 9.17) is 9.47 Å². The van der Waals surface area contributed by atoms with Crippen molar-refractivity contribution in [1.29, 1.82) is 0 Å². The van der Waals surface area contributed by atoms with Gasteiger partial charge in [0.15, 0.2) is 13.2 Å². The summed E-state index contributed by atoms with van der Waals surface area (Å²) >= 11 is 0. The van der Waals surface area contributed by atoms with Crippen LogP contribution in [0.15, 0.2) is 66.7 Å². The second-order valence-corrected chi connectivity index (χ2v) is 9.81. The lowest BCUT2D eigenvalue weighted by atomic mass is 10.1. The van der Waals surface area contributed by atoms with Crippen molar-refractivity contribution in [2.24, 2.45) is 0 Å². The van der Waals surface area contributed by atoms with Crippen LogP contribution in [0.3, 0.4) is 0 Å². The van der Waals surface area contributed by atoms with Gasteiger partial charge in [0.25, 0.3) is 17.7 Å². The normalized spacial score (nSPS) is 10.8. The SMILES string of the molecule is Cc1cccc(OCC(=O)Nc2cc(NC(=O)COc3cccc(C)c3)cc(C(=O)NC(C)(C)C)c2)c1. The molecule has 0 atom stereocenters. The Labute approximate surface area is 217 Å². The van der Waals surface area contributed by atoms with Crippen LogP contribution in [0.2, 0.25) is 0 Å². The van der Waals surface area contributed by atoms with Gasteiger partial charge in [0, 0.05) is 22.5 Å². The molecule has 0 saturated heterocycles. The van der Waals surface area contributed by atoms with E-state index in [2.05, 4.69) is 16.0 Å². The molecule has 8 heteroatoms. The molecular weight excluding hydrogens is 470 g/mol. The number of hydrogen-bond acceptors (Lipinski definition) is 5. The second-order valence-electron chi connectivity index (χ2n) is 9.81. The Morgan fingerprint density at radius 3 is 1.57 bits per heavy atom. The van der Waals surface area contributed by atoms with Gasteiger partial charge in [0.05, 0.1) is 0 Å². The van der Waals surface area contributed by atoms with Gasteiger partial charge in [-0.3, -0.25) is 14.4 Å². The second kappa shape index (κ2) is 12.1. The summed E-state index contributed by atoms with van der Waals surface area (Å²) in [7, 11) is 0. The average Bonchev–Trinajstić information content (AvgIpc) is 2.80. The Hall–Kier alpha value is -4.33. The van der Waals surface area contributed by atoms with E-state index in [9.17, 15) is 14.4 Å². The summed E-state index contributed by atoms with van der Waals surface area (Å²) in [4.78, 5) is 37.9. The van der Waals surface area contributed by atoms with Crippen LogP contribution in [0.4, 0.5) is 11.4 Å². The van der Waals surface area contributed by atoms with Gasteiger partial charge < -0.3 is 25.4 Å². The number of carbonyl (C=O) groups excluding carboxylic acids is 3. The number of hydrogen-bond donors (Lipinski definition) is 3. The lowest BCUT2D eigenvalue weighted by Crippen LogP contribution is -2.40. The van der Waals surface area contributed by atoms with Gasteiger partial charge in [-0.2, -0.15) is 0 Å². The molecule has 0 radical (unpaired) electrons. The quantitative estimate of drug-likeness (QED) is 0.386. The molecule has 0 aromatic heterocycles. The predicted octanol–water partition coefficient (Wildman–Crippen LogP) is 4.87. The van der Waals surface area contributed by atoms with Crippen molar-refractivity contribution in [2.75, 3.05) is 23.8 Å².